The first-order chi connectivity index (χ1) is 16.9. The second-order valence-corrected chi connectivity index (χ2v) is 14.3. The molecule has 0 bridgehead atoms. The van der Waals surface area contributed by atoms with E-state index in [1.807, 2.05) is 20.0 Å². The highest BCUT2D eigenvalue weighted by atomic mass is 28.4. The zero-order valence-corrected chi connectivity index (χ0v) is 22.3. The first kappa shape index (κ1) is 26.4. The summed E-state index contributed by atoms with van der Waals surface area (Å²) in [6, 6.07) is 5.19. The molecule has 1 aromatic carbocycles. The number of aromatic nitrogens is 3. The van der Waals surface area contributed by atoms with Crippen LogP contribution in [0.25, 0.3) is 0 Å². The third-order valence-corrected chi connectivity index (χ3v) is 9.86. The minimum Gasteiger partial charge on any atom is -0.432 e. The smallest absolute Gasteiger partial charge is 0.264 e. The Hall–Kier alpha value is -2.64. The Morgan fingerprint density at radius 2 is 2.08 bits per heavy atom. The lowest BCUT2D eigenvalue weighted by atomic mass is 9.82. The van der Waals surface area contributed by atoms with Crippen LogP contribution in [-0.4, -0.2) is 76.0 Å². The number of carbonyl (C=O) groups is 2. The van der Waals surface area contributed by atoms with Crippen molar-refractivity contribution in [1.29, 1.82) is 0 Å². The van der Waals surface area contributed by atoms with Gasteiger partial charge in [0.05, 0.1) is 17.5 Å². The summed E-state index contributed by atoms with van der Waals surface area (Å²) < 4.78 is 8.36. The van der Waals surface area contributed by atoms with Gasteiger partial charge in [0.2, 0.25) is 0 Å². The molecule has 4 N–H and O–H groups in total. The van der Waals surface area contributed by atoms with Crippen molar-refractivity contribution >= 4 is 31.5 Å². The monoisotopic (exact) mass is 517 g/mol. The molecule has 1 spiro atoms. The summed E-state index contributed by atoms with van der Waals surface area (Å²) >= 11 is 0. The van der Waals surface area contributed by atoms with Gasteiger partial charge in [-0.25, -0.2) is 0 Å². The molecule has 36 heavy (non-hydrogen) atoms. The van der Waals surface area contributed by atoms with E-state index in [2.05, 4.69) is 15.6 Å². The number of hydrogen-bond acceptors (Lipinski definition) is 8. The van der Waals surface area contributed by atoms with Gasteiger partial charge in [-0.3, -0.25) is 14.3 Å². The average molecular weight is 518 g/mol. The number of anilines is 2. The quantitative estimate of drug-likeness (QED) is 0.379. The maximum absolute atomic E-state index is 13.8. The Balaban J connectivity index is 1.69. The number of fused-ring (bicyclic) bond motifs is 2. The summed E-state index contributed by atoms with van der Waals surface area (Å²) in [6.45, 7) is 7.53. The zero-order valence-electron chi connectivity index (χ0n) is 21.3. The van der Waals surface area contributed by atoms with E-state index >= 15 is 0 Å². The van der Waals surface area contributed by atoms with Gasteiger partial charge in [0.25, 0.3) is 11.8 Å². The highest BCUT2D eigenvalue weighted by Gasteiger charge is 2.65. The van der Waals surface area contributed by atoms with Crippen molar-refractivity contribution in [2.45, 2.75) is 69.7 Å². The van der Waals surface area contributed by atoms with E-state index in [0.29, 0.717) is 42.0 Å². The van der Waals surface area contributed by atoms with Gasteiger partial charge in [0, 0.05) is 55.5 Å². The maximum atomic E-state index is 13.8. The fourth-order valence-electron chi connectivity index (χ4n) is 5.71. The van der Waals surface area contributed by atoms with Crippen LogP contribution in [0.5, 0.6) is 0 Å². The van der Waals surface area contributed by atoms with Gasteiger partial charge in [-0.15, -0.1) is 5.10 Å². The third-order valence-electron chi connectivity index (χ3n) is 7.36. The number of likely N-dealkylation sites (N-methyl/N-ethyl adjacent to an activating group) is 1. The summed E-state index contributed by atoms with van der Waals surface area (Å²) in [5.41, 5.74) is 0.930. The molecule has 2 aromatic rings. The fraction of sp³-hybridized carbons (Fsp3) is 0.583. The molecule has 5 atom stereocenters. The Morgan fingerprint density at radius 1 is 1.36 bits per heavy atom. The van der Waals surface area contributed by atoms with E-state index in [0.717, 1.165) is 0 Å². The number of hydrogen-bond donors (Lipinski definition) is 4. The Kier molecular flexibility index (Phi) is 7.10. The van der Waals surface area contributed by atoms with Gasteiger partial charge in [-0.2, -0.15) is 0 Å². The predicted octanol–water partition coefficient (Wildman–Crippen LogP) is 0.997. The predicted molar refractivity (Wildman–Crippen MR) is 135 cm³/mol. The number of rotatable bonds is 8. The molecule has 4 rings (SSSR count). The molecule has 1 saturated heterocycles. The molecule has 12 heteroatoms. The Labute approximate surface area is 211 Å². The number of carbonyl (C=O) groups excluding carboxylic acids is 2. The van der Waals surface area contributed by atoms with E-state index in [-0.39, 0.29) is 24.0 Å². The van der Waals surface area contributed by atoms with E-state index in [1.54, 1.807) is 41.0 Å². The maximum Gasteiger partial charge on any atom is 0.264 e. The van der Waals surface area contributed by atoms with Crippen LogP contribution in [0.2, 0.25) is 18.6 Å². The Morgan fingerprint density at radius 3 is 2.72 bits per heavy atom. The summed E-state index contributed by atoms with van der Waals surface area (Å²) in [4.78, 5) is 38.7. The van der Waals surface area contributed by atoms with Crippen molar-refractivity contribution in [3.63, 3.8) is 0 Å². The third kappa shape index (κ3) is 4.48. The molecular weight excluding hydrogens is 482 g/mol. The zero-order chi connectivity index (χ0) is 26.4. The summed E-state index contributed by atoms with van der Waals surface area (Å²) in [6.07, 6.45) is 1.13. The van der Waals surface area contributed by atoms with E-state index in [4.69, 9.17) is 9.84 Å². The molecule has 0 radical (unpaired) electrons. The molecule has 1 aromatic heterocycles. The minimum atomic E-state index is -2.79. The first-order valence-corrected chi connectivity index (χ1v) is 15.2. The molecule has 3 heterocycles. The van der Waals surface area contributed by atoms with E-state index in [1.165, 1.54) is 6.92 Å². The average Bonchev–Trinajstić information content (AvgIpc) is 3.43. The minimum absolute atomic E-state index is 0.00840. The Bertz CT molecular complexity index is 1150. The molecule has 0 aliphatic carbocycles. The van der Waals surface area contributed by atoms with Crippen LogP contribution < -0.4 is 10.2 Å². The number of aryl methyl sites for hydroxylation is 1. The van der Waals surface area contributed by atoms with Crippen molar-refractivity contribution in [2.24, 2.45) is 5.92 Å². The van der Waals surface area contributed by atoms with Crippen LogP contribution >= 0.6 is 0 Å². The standard InChI is InChI=1S/C24H35N5O6Si/c1-14-21(36(4,5)34)20(8-10-29-13-17(9-11-30)26-27-29)35-24(14)18-12-16(25-22(32)15(2)31)6-7-19(18)28(3)23(24)33/h6-7,12-15,20-21,30-31,34H,8-11H2,1-5H3,(H,25,32)/t14-,15+,20+,21-,24+/m1/s1. The van der Waals surface area contributed by atoms with E-state index in [9.17, 15) is 19.5 Å². The SMILES string of the molecule is C[C@H](O)C(=O)Nc1ccc2c(c1)[C@]1(O[C@@H](CCn3cc(CCO)nn3)[C@H]([Si](C)(C)O)[C@H]1C)C(=O)N2C. The largest absolute Gasteiger partial charge is 0.432 e. The molecule has 2 aliphatic heterocycles. The number of nitrogens with zero attached hydrogens (tertiary/aromatic N) is 4. The lowest BCUT2D eigenvalue weighted by molar-refractivity contribution is -0.145. The first-order valence-electron chi connectivity index (χ1n) is 12.2. The second-order valence-electron chi connectivity index (χ2n) is 10.4. The number of aliphatic hydroxyl groups excluding tert-OH is 2. The normalized spacial score (nSPS) is 26.5. The molecule has 0 unspecified atom stereocenters. The van der Waals surface area contributed by atoms with Gasteiger partial charge in [-0.05, 0) is 44.6 Å². The van der Waals surface area contributed by atoms with Gasteiger partial charge >= 0.3 is 0 Å². The topological polar surface area (TPSA) is 150 Å². The van der Waals surface area contributed by atoms with Crippen LogP contribution in [0.3, 0.4) is 0 Å². The van der Waals surface area contributed by atoms with Crippen molar-refractivity contribution in [1.82, 2.24) is 15.0 Å². The molecule has 196 valence electrons. The summed E-state index contributed by atoms with van der Waals surface area (Å²) in [5.74, 6) is -1.08. The highest BCUT2D eigenvalue weighted by molar-refractivity contribution is 6.71. The van der Waals surface area contributed by atoms with Crippen LogP contribution in [0.4, 0.5) is 11.4 Å². The van der Waals surface area contributed by atoms with Crippen LogP contribution in [0, 0.1) is 5.92 Å². The molecule has 1 fully saturated rings. The number of benzene rings is 1. The van der Waals surface area contributed by atoms with Gasteiger partial charge in [-0.1, -0.05) is 12.1 Å². The van der Waals surface area contributed by atoms with Gasteiger partial charge in [0.1, 0.15) is 6.10 Å². The molecule has 0 saturated carbocycles. The molecule has 11 nitrogen and oxygen atoms in total. The van der Waals surface area contributed by atoms with Crippen molar-refractivity contribution in [3.8, 4) is 0 Å². The van der Waals surface area contributed by atoms with Gasteiger partial charge in [0.15, 0.2) is 13.9 Å². The van der Waals surface area contributed by atoms with E-state index < -0.39 is 32.0 Å². The number of nitrogens with one attached hydrogen (secondary N) is 1. The lowest BCUT2D eigenvalue weighted by Gasteiger charge is -2.32. The fourth-order valence-corrected chi connectivity index (χ4v) is 8.32. The van der Waals surface area contributed by atoms with Gasteiger partial charge < -0.3 is 30.0 Å². The van der Waals surface area contributed by atoms with Crippen molar-refractivity contribution in [3.05, 3.63) is 35.7 Å². The lowest BCUT2D eigenvalue weighted by Crippen LogP contribution is -2.45. The number of aliphatic hydroxyl groups is 2. The summed E-state index contributed by atoms with van der Waals surface area (Å²) in [5, 5.41) is 29.6. The van der Waals surface area contributed by atoms with Crippen LogP contribution in [-0.2, 0) is 32.9 Å². The number of amides is 2. The van der Waals surface area contributed by atoms with Crippen molar-refractivity contribution < 1.29 is 29.3 Å². The van der Waals surface area contributed by atoms with Crippen LogP contribution in [0.15, 0.2) is 24.4 Å². The molecular formula is C24H35N5O6Si. The molecule has 2 amide bonds. The van der Waals surface area contributed by atoms with Crippen molar-refractivity contribution in [2.75, 3.05) is 23.9 Å². The molecule has 2 aliphatic rings. The summed E-state index contributed by atoms with van der Waals surface area (Å²) in [7, 11) is -1.10. The second kappa shape index (κ2) is 9.67. The highest BCUT2D eigenvalue weighted by Crippen LogP contribution is 2.59. The number of ether oxygens (including phenoxy) is 1. The van der Waals surface area contributed by atoms with Crippen LogP contribution in [0.1, 0.15) is 31.5 Å².